The van der Waals surface area contributed by atoms with Crippen LogP contribution in [0.5, 0.6) is 11.5 Å². The van der Waals surface area contributed by atoms with Crippen LogP contribution in [0.3, 0.4) is 0 Å². The van der Waals surface area contributed by atoms with Gasteiger partial charge in [0.15, 0.2) is 25.5 Å². The van der Waals surface area contributed by atoms with Crippen LogP contribution in [0.4, 0.5) is 22.7 Å². The number of hydrogen-bond donors (Lipinski definition) is 0. The molecule has 0 saturated carbocycles. The number of para-hydroxylation sites is 2. The highest BCUT2D eigenvalue weighted by atomic mass is 79.9. The van der Waals surface area contributed by atoms with Crippen molar-refractivity contribution >= 4 is 67.8 Å². The number of fused-ring (bicyclic) bond motifs is 2. The van der Waals surface area contributed by atoms with Crippen molar-refractivity contribution in [3.05, 3.63) is 191 Å². The number of benzene rings is 6. The van der Waals surface area contributed by atoms with Crippen LogP contribution in [0.25, 0.3) is 21.8 Å². The van der Waals surface area contributed by atoms with Gasteiger partial charge in [0, 0.05) is 70.9 Å². The fourth-order valence-corrected chi connectivity index (χ4v) is 7.58. The first-order chi connectivity index (χ1) is 28.9. The summed E-state index contributed by atoms with van der Waals surface area (Å²) in [4.78, 5) is 4.38. The molecule has 0 aliphatic rings. The number of halogens is 4. The van der Waals surface area contributed by atoms with E-state index in [0.717, 1.165) is 68.4 Å². The summed E-state index contributed by atoms with van der Waals surface area (Å²) in [5.74, 6) is 1.63. The molecule has 312 valence electrons. The third-order valence-electron chi connectivity index (χ3n) is 10.5. The van der Waals surface area contributed by atoms with Crippen LogP contribution in [0.2, 0.25) is 10.0 Å². The molecule has 8 rings (SSSR count). The summed E-state index contributed by atoms with van der Waals surface area (Å²) >= 11 is 12.3. The predicted molar refractivity (Wildman–Crippen MR) is 240 cm³/mol. The second-order valence-electron chi connectivity index (χ2n) is 14.4. The Kier molecular flexibility index (Phi) is 16.0. The molecule has 0 spiro atoms. The minimum absolute atomic E-state index is 0. The molecule has 11 heteroatoms. The van der Waals surface area contributed by atoms with E-state index in [2.05, 4.69) is 130 Å². The quantitative estimate of drug-likeness (QED) is 0.101. The van der Waals surface area contributed by atoms with Gasteiger partial charge in [0.1, 0.15) is 24.7 Å². The molecule has 2 aromatic heterocycles. The van der Waals surface area contributed by atoms with Crippen LogP contribution < -0.4 is 62.4 Å². The SMILES string of the molecule is CN(c1ccc(Cl)cc1)c1cc[n+](Cc2ccc(OCCOCCOc3ccc(C[n+]4ccc(N(C)c5ccc(Cl)cc5)c5ccccc54)cc3)cc2)c2ccccc12.[Br-].[Br-]. The molecular formula is C50H46Br2Cl2N4O3. The molecule has 0 radical (unpaired) electrons. The van der Waals surface area contributed by atoms with Crippen molar-refractivity contribution in [1.82, 2.24) is 0 Å². The smallest absolute Gasteiger partial charge is 0.214 e. The minimum atomic E-state index is 0. The number of aromatic nitrogens is 2. The summed E-state index contributed by atoms with van der Waals surface area (Å²) < 4.78 is 22.3. The van der Waals surface area contributed by atoms with Crippen LogP contribution in [-0.4, -0.2) is 40.5 Å². The van der Waals surface area contributed by atoms with Crippen LogP contribution >= 0.6 is 23.2 Å². The molecule has 61 heavy (non-hydrogen) atoms. The van der Waals surface area contributed by atoms with E-state index in [4.69, 9.17) is 37.4 Å². The number of rotatable bonds is 16. The Morgan fingerprint density at radius 2 is 0.820 bits per heavy atom. The van der Waals surface area contributed by atoms with Gasteiger partial charge in [-0.15, -0.1) is 0 Å². The molecule has 0 amide bonds. The lowest BCUT2D eigenvalue weighted by atomic mass is 10.1. The van der Waals surface area contributed by atoms with E-state index in [1.54, 1.807) is 0 Å². The van der Waals surface area contributed by atoms with Gasteiger partial charge in [-0.2, -0.15) is 9.13 Å². The monoisotopic (exact) mass is 978 g/mol. The lowest BCUT2D eigenvalue weighted by Gasteiger charge is -2.20. The van der Waals surface area contributed by atoms with Crippen molar-refractivity contribution in [2.75, 3.05) is 50.3 Å². The molecule has 0 aliphatic heterocycles. The molecular weight excluding hydrogens is 935 g/mol. The number of ether oxygens (including phenoxy) is 3. The van der Waals surface area contributed by atoms with Crippen molar-refractivity contribution < 1.29 is 57.3 Å². The topological polar surface area (TPSA) is 41.9 Å². The Morgan fingerprint density at radius 1 is 0.443 bits per heavy atom. The predicted octanol–water partition coefficient (Wildman–Crippen LogP) is 4.99. The standard InChI is InChI=1S/C50H46Cl2N4O3.2BrH/c1-53(41-19-15-39(51)16-20-41)47-27-29-55(49-9-5-3-7-45(47)49)35-37-11-23-43(24-12-37)58-33-31-57-32-34-59-44-25-13-38(14-26-44)36-56-30-28-48(46-8-4-6-10-50(46)56)54(2)42-21-17-40(52)18-22-42;;/h3-30H,31-36H2,1-2H3;2*1H/q+2;;/p-2. The summed E-state index contributed by atoms with van der Waals surface area (Å²) in [7, 11) is 4.17. The van der Waals surface area contributed by atoms with E-state index < -0.39 is 0 Å². The second kappa shape index (κ2) is 21.6. The highest BCUT2D eigenvalue weighted by molar-refractivity contribution is 6.31. The Bertz CT molecular complexity index is 2470. The number of hydrogen-bond acceptors (Lipinski definition) is 5. The molecule has 0 fully saturated rings. The van der Waals surface area contributed by atoms with Gasteiger partial charge in [0.25, 0.3) is 0 Å². The minimum Gasteiger partial charge on any atom is -1.00 e. The molecule has 0 atom stereocenters. The normalized spacial score (nSPS) is 10.8. The van der Waals surface area contributed by atoms with E-state index in [9.17, 15) is 0 Å². The highest BCUT2D eigenvalue weighted by Gasteiger charge is 2.18. The van der Waals surface area contributed by atoms with Crippen molar-refractivity contribution in [2.45, 2.75) is 13.1 Å². The van der Waals surface area contributed by atoms with Gasteiger partial charge in [-0.1, -0.05) is 47.5 Å². The zero-order valence-corrected chi connectivity index (χ0v) is 38.6. The maximum atomic E-state index is 6.14. The molecule has 0 bridgehead atoms. The maximum absolute atomic E-state index is 6.14. The highest BCUT2D eigenvalue weighted by Crippen LogP contribution is 2.32. The second-order valence-corrected chi connectivity index (χ2v) is 15.2. The van der Waals surface area contributed by atoms with E-state index in [1.807, 2.05) is 72.8 Å². The number of anilines is 4. The first-order valence-corrected chi connectivity index (χ1v) is 20.5. The Balaban J connectivity index is 0.00000311. The van der Waals surface area contributed by atoms with Gasteiger partial charge in [0.05, 0.1) is 35.4 Å². The van der Waals surface area contributed by atoms with Gasteiger partial charge in [-0.25, -0.2) is 0 Å². The third kappa shape index (κ3) is 11.2. The summed E-state index contributed by atoms with van der Waals surface area (Å²) in [5, 5.41) is 3.81. The van der Waals surface area contributed by atoms with Gasteiger partial charge < -0.3 is 58.0 Å². The molecule has 6 aromatic carbocycles. The molecule has 0 aliphatic carbocycles. The van der Waals surface area contributed by atoms with Crippen LogP contribution in [0, 0.1) is 0 Å². The molecule has 8 aromatic rings. The largest absolute Gasteiger partial charge is 1.00 e. The first-order valence-electron chi connectivity index (χ1n) is 19.7. The summed E-state index contributed by atoms with van der Waals surface area (Å²) in [6, 6.07) is 53.7. The Labute approximate surface area is 388 Å². The average molecular weight is 982 g/mol. The fraction of sp³-hybridized carbons (Fsp3) is 0.160. The van der Waals surface area contributed by atoms with Crippen molar-refractivity contribution in [1.29, 1.82) is 0 Å². The third-order valence-corrected chi connectivity index (χ3v) is 11.0. The van der Waals surface area contributed by atoms with E-state index >= 15 is 0 Å². The van der Waals surface area contributed by atoms with Crippen LogP contribution in [-0.2, 0) is 17.8 Å². The first kappa shape index (κ1) is 45.4. The van der Waals surface area contributed by atoms with Crippen LogP contribution in [0.15, 0.2) is 170 Å². The average Bonchev–Trinajstić information content (AvgIpc) is 3.27. The zero-order chi connectivity index (χ0) is 40.6. The van der Waals surface area contributed by atoms with Crippen molar-refractivity contribution in [3.8, 4) is 11.5 Å². The van der Waals surface area contributed by atoms with Gasteiger partial charge in [-0.05, 0) is 109 Å². The van der Waals surface area contributed by atoms with Crippen molar-refractivity contribution in [2.24, 2.45) is 0 Å². The lowest BCUT2D eigenvalue weighted by Crippen LogP contribution is -3.00. The molecule has 0 N–H and O–H groups in total. The molecule has 7 nitrogen and oxygen atoms in total. The lowest BCUT2D eigenvalue weighted by molar-refractivity contribution is -0.662. The van der Waals surface area contributed by atoms with Gasteiger partial charge >= 0.3 is 0 Å². The van der Waals surface area contributed by atoms with E-state index in [0.29, 0.717) is 26.4 Å². The summed E-state index contributed by atoms with van der Waals surface area (Å²) in [5.41, 5.74) is 9.12. The number of nitrogens with zero attached hydrogens (tertiary/aromatic N) is 4. The zero-order valence-electron chi connectivity index (χ0n) is 33.9. The van der Waals surface area contributed by atoms with Gasteiger partial charge in [-0.3, -0.25) is 0 Å². The Hall–Kier alpha value is -5.16. The number of pyridine rings is 2. The van der Waals surface area contributed by atoms with E-state index in [1.165, 1.54) is 21.9 Å². The summed E-state index contributed by atoms with van der Waals surface area (Å²) in [6.07, 6.45) is 4.30. The fourth-order valence-electron chi connectivity index (χ4n) is 7.33. The van der Waals surface area contributed by atoms with Gasteiger partial charge in [0.2, 0.25) is 11.0 Å². The summed E-state index contributed by atoms with van der Waals surface area (Å²) in [6.45, 7) is 3.35. The van der Waals surface area contributed by atoms with E-state index in [-0.39, 0.29) is 34.0 Å². The maximum Gasteiger partial charge on any atom is 0.214 e. The molecule has 2 heterocycles. The molecule has 0 unspecified atom stereocenters. The van der Waals surface area contributed by atoms with Crippen LogP contribution in [0.1, 0.15) is 11.1 Å². The molecule has 0 saturated heterocycles. The van der Waals surface area contributed by atoms with Crippen molar-refractivity contribution in [3.63, 3.8) is 0 Å². The Morgan fingerprint density at radius 3 is 1.21 bits per heavy atom.